The molecule has 6 aromatic carbocycles. The minimum Gasteiger partial charge on any atom is -0.462 e. The van der Waals surface area contributed by atoms with E-state index in [1.807, 2.05) is 133 Å². The van der Waals surface area contributed by atoms with Crippen LogP contribution in [0.4, 0.5) is 0 Å². The summed E-state index contributed by atoms with van der Waals surface area (Å²) in [6.45, 7) is 2.18. The van der Waals surface area contributed by atoms with Crippen molar-refractivity contribution < 1.29 is 28.5 Å². The quantitative estimate of drug-likeness (QED) is 0.0827. The summed E-state index contributed by atoms with van der Waals surface area (Å²) in [5.74, 6) is 6.62. The monoisotopic (exact) mass is 714 g/mol. The van der Waals surface area contributed by atoms with E-state index in [1.165, 1.54) is 0 Å². The second-order valence-corrected chi connectivity index (χ2v) is 14.2. The van der Waals surface area contributed by atoms with Crippen LogP contribution in [0, 0.1) is 11.8 Å². The molecule has 1 saturated carbocycles. The molecule has 6 heteroatoms. The van der Waals surface area contributed by atoms with Gasteiger partial charge in [-0.15, -0.1) is 0 Å². The first kappa shape index (κ1) is 34.8. The molecule has 0 N–H and O–H groups in total. The SMILES string of the molecule is CC(CCC(=O)OC1CC2C=CC1C2)(c1ccc(Oc2ccc(Oc3ccccc3)cc2)cc1)c1ccc(Oc2ccc(Oc3ccccc3)cc2)cc1. The predicted molar refractivity (Wildman–Crippen MR) is 210 cm³/mol. The lowest BCUT2D eigenvalue weighted by Crippen LogP contribution is -2.27. The highest BCUT2D eigenvalue weighted by Gasteiger charge is 2.38. The molecule has 0 radical (unpaired) electrons. The van der Waals surface area contributed by atoms with E-state index >= 15 is 0 Å². The summed E-state index contributed by atoms with van der Waals surface area (Å²) in [7, 11) is 0. The molecule has 3 atom stereocenters. The zero-order valence-corrected chi connectivity index (χ0v) is 30.2. The fourth-order valence-corrected chi connectivity index (χ4v) is 7.36. The number of allylic oxidation sites excluding steroid dienone is 1. The lowest BCUT2D eigenvalue weighted by molar-refractivity contribution is -0.150. The van der Waals surface area contributed by atoms with Crippen LogP contribution in [0.15, 0.2) is 170 Å². The van der Waals surface area contributed by atoms with Gasteiger partial charge in [-0.3, -0.25) is 4.79 Å². The van der Waals surface area contributed by atoms with E-state index in [2.05, 4.69) is 43.3 Å². The molecule has 2 aliphatic rings. The van der Waals surface area contributed by atoms with Gasteiger partial charge in [-0.1, -0.05) is 79.7 Å². The molecule has 1 fully saturated rings. The normalized spacial score (nSPS) is 17.2. The van der Waals surface area contributed by atoms with Crippen molar-refractivity contribution >= 4 is 5.97 Å². The molecule has 0 spiro atoms. The number of carbonyl (C=O) groups excluding carboxylic acids is 1. The van der Waals surface area contributed by atoms with E-state index in [9.17, 15) is 4.79 Å². The van der Waals surface area contributed by atoms with Crippen LogP contribution < -0.4 is 18.9 Å². The third-order valence-electron chi connectivity index (χ3n) is 10.4. The van der Waals surface area contributed by atoms with E-state index in [-0.39, 0.29) is 12.1 Å². The summed E-state index contributed by atoms with van der Waals surface area (Å²) < 4.78 is 30.3. The molecule has 2 bridgehead atoms. The highest BCUT2D eigenvalue weighted by molar-refractivity contribution is 5.70. The second kappa shape index (κ2) is 15.8. The molecule has 2 aliphatic carbocycles. The van der Waals surface area contributed by atoms with Crippen molar-refractivity contribution in [3.63, 3.8) is 0 Å². The molecule has 8 rings (SSSR count). The van der Waals surface area contributed by atoms with Crippen LogP contribution in [-0.2, 0) is 14.9 Å². The zero-order valence-electron chi connectivity index (χ0n) is 30.2. The van der Waals surface area contributed by atoms with Crippen molar-refractivity contribution in [2.45, 2.75) is 44.1 Å². The highest BCUT2D eigenvalue weighted by Crippen LogP contribution is 2.42. The molecule has 54 heavy (non-hydrogen) atoms. The van der Waals surface area contributed by atoms with Crippen LogP contribution in [0.3, 0.4) is 0 Å². The van der Waals surface area contributed by atoms with Gasteiger partial charge >= 0.3 is 5.97 Å². The third-order valence-corrected chi connectivity index (χ3v) is 10.4. The van der Waals surface area contributed by atoms with Crippen molar-refractivity contribution in [2.24, 2.45) is 11.8 Å². The fraction of sp³-hybridized carbons (Fsp3) is 0.188. The Morgan fingerprint density at radius 2 is 0.870 bits per heavy atom. The summed E-state index contributed by atoms with van der Waals surface area (Å²) in [6.07, 6.45) is 7.37. The first-order valence-corrected chi connectivity index (χ1v) is 18.6. The summed E-state index contributed by atoms with van der Waals surface area (Å²) in [4.78, 5) is 13.2. The molecular weight excluding hydrogens is 673 g/mol. The van der Waals surface area contributed by atoms with Gasteiger partial charge in [0.05, 0.1) is 0 Å². The van der Waals surface area contributed by atoms with Crippen LogP contribution in [0.25, 0.3) is 0 Å². The van der Waals surface area contributed by atoms with Crippen molar-refractivity contribution in [3.8, 4) is 46.0 Å². The number of hydrogen-bond acceptors (Lipinski definition) is 6. The number of carbonyl (C=O) groups is 1. The maximum Gasteiger partial charge on any atom is 0.306 e. The summed E-state index contributed by atoms with van der Waals surface area (Å²) >= 11 is 0. The first-order chi connectivity index (χ1) is 26.4. The molecule has 0 aromatic heterocycles. The van der Waals surface area contributed by atoms with Crippen LogP contribution in [0.5, 0.6) is 46.0 Å². The Morgan fingerprint density at radius 3 is 1.22 bits per heavy atom. The largest absolute Gasteiger partial charge is 0.462 e. The lowest BCUT2D eigenvalue weighted by Gasteiger charge is -2.31. The Bertz CT molecular complexity index is 2030. The zero-order chi connectivity index (χ0) is 36.7. The van der Waals surface area contributed by atoms with E-state index in [0.29, 0.717) is 47.7 Å². The molecular formula is C48H42O6. The fourth-order valence-electron chi connectivity index (χ4n) is 7.36. The van der Waals surface area contributed by atoms with Gasteiger partial charge in [0.2, 0.25) is 0 Å². The standard InChI is InChI=1S/C48H42O6/c1-48(31-30-47(49)54-46-33-34-12-13-35(46)32-34,36-14-18-40(19-15-36)52-44-26-22-42(23-27-44)50-38-8-4-2-5-9-38)37-16-20-41(21-17-37)53-45-28-24-43(25-29-45)51-39-10-6-3-7-11-39/h2-29,34-35,46H,30-33H2,1H3. The maximum atomic E-state index is 13.2. The summed E-state index contributed by atoms with van der Waals surface area (Å²) in [6, 6.07) is 50.7. The molecule has 270 valence electrons. The van der Waals surface area contributed by atoms with Gasteiger partial charge in [-0.2, -0.15) is 0 Å². The Kier molecular flexibility index (Phi) is 10.2. The van der Waals surface area contributed by atoms with Crippen molar-refractivity contribution in [2.75, 3.05) is 0 Å². The van der Waals surface area contributed by atoms with Crippen LogP contribution in [0.1, 0.15) is 43.7 Å². The minimum absolute atomic E-state index is 0.00967. The van der Waals surface area contributed by atoms with E-state index < -0.39 is 5.41 Å². The van der Waals surface area contributed by atoms with Gasteiger partial charge in [0.15, 0.2) is 0 Å². The number of para-hydroxylation sites is 2. The number of ether oxygens (including phenoxy) is 5. The minimum atomic E-state index is -0.489. The smallest absolute Gasteiger partial charge is 0.306 e. The molecule has 3 unspecified atom stereocenters. The van der Waals surface area contributed by atoms with Crippen LogP contribution in [-0.4, -0.2) is 12.1 Å². The van der Waals surface area contributed by atoms with Gasteiger partial charge in [-0.25, -0.2) is 0 Å². The van der Waals surface area contributed by atoms with Crippen molar-refractivity contribution in [3.05, 3.63) is 181 Å². The van der Waals surface area contributed by atoms with Gasteiger partial charge in [0, 0.05) is 17.8 Å². The molecule has 0 heterocycles. The van der Waals surface area contributed by atoms with Crippen LogP contribution >= 0.6 is 0 Å². The number of hydrogen-bond donors (Lipinski definition) is 0. The third kappa shape index (κ3) is 8.34. The average molecular weight is 715 g/mol. The van der Waals surface area contributed by atoms with Crippen molar-refractivity contribution in [1.82, 2.24) is 0 Å². The molecule has 0 aliphatic heterocycles. The first-order valence-electron chi connectivity index (χ1n) is 18.6. The number of benzene rings is 6. The highest BCUT2D eigenvalue weighted by atomic mass is 16.5. The summed E-state index contributed by atoms with van der Waals surface area (Å²) in [5, 5.41) is 0. The topological polar surface area (TPSA) is 63.2 Å². The van der Waals surface area contributed by atoms with E-state index in [0.717, 1.165) is 47.0 Å². The molecule has 6 aromatic rings. The number of rotatable bonds is 14. The van der Waals surface area contributed by atoms with Gasteiger partial charge in [0.1, 0.15) is 52.1 Å². The van der Waals surface area contributed by atoms with Crippen molar-refractivity contribution in [1.29, 1.82) is 0 Å². The van der Waals surface area contributed by atoms with Gasteiger partial charge in [0.25, 0.3) is 0 Å². The second-order valence-electron chi connectivity index (χ2n) is 14.2. The van der Waals surface area contributed by atoms with Gasteiger partial charge in [-0.05, 0) is 133 Å². The molecule has 6 nitrogen and oxygen atoms in total. The average Bonchev–Trinajstić information content (AvgIpc) is 3.84. The van der Waals surface area contributed by atoms with Crippen LogP contribution in [0.2, 0.25) is 0 Å². The Labute approximate surface area is 316 Å². The molecule has 0 amide bonds. The van der Waals surface area contributed by atoms with E-state index in [4.69, 9.17) is 23.7 Å². The maximum absolute atomic E-state index is 13.2. The van der Waals surface area contributed by atoms with Gasteiger partial charge < -0.3 is 23.7 Å². The Balaban J connectivity index is 0.959. The number of esters is 1. The van der Waals surface area contributed by atoms with E-state index in [1.54, 1.807) is 0 Å². The Morgan fingerprint density at radius 1 is 0.500 bits per heavy atom. The Hall–Kier alpha value is -6.27. The lowest BCUT2D eigenvalue weighted by atomic mass is 9.73. The number of fused-ring (bicyclic) bond motifs is 2. The predicted octanol–water partition coefficient (Wildman–Crippen LogP) is 12.4. The summed E-state index contributed by atoms with van der Waals surface area (Å²) in [5.41, 5.74) is 1.65. The molecule has 0 saturated heterocycles.